The van der Waals surface area contributed by atoms with Crippen LogP contribution in [0.25, 0.3) is 0 Å². The van der Waals surface area contributed by atoms with E-state index in [2.05, 4.69) is 29.1 Å². The average Bonchev–Trinajstić information content (AvgIpc) is 2.11. The number of allylic oxidation sites excluding steroid dienone is 4. The molecule has 12 heavy (non-hydrogen) atoms. The predicted molar refractivity (Wildman–Crippen MR) is 52.6 cm³/mol. The minimum Gasteiger partial charge on any atom is -0.502 e. The van der Waals surface area contributed by atoms with Gasteiger partial charge >= 0.3 is 0 Å². The smallest absolute Gasteiger partial charge is 0.114 e. The number of hydrogen-bond acceptors (Lipinski definition) is 1. The molecule has 0 aromatic carbocycles. The van der Waals surface area contributed by atoms with Gasteiger partial charge in [0, 0.05) is 17.3 Å². The monoisotopic (exact) mass is 234 g/mol. The lowest BCUT2D eigenvalue weighted by atomic mass is 10.2. The zero-order valence-corrected chi connectivity index (χ0v) is 8.66. The first kappa shape index (κ1) is 11.4. The van der Waals surface area contributed by atoms with Crippen molar-refractivity contribution in [2.75, 3.05) is 7.11 Å². The Morgan fingerprint density at radius 2 is 2.17 bits per heavy atom. The topological polar surface area (TPSA) is 9.23 Å². The number of rotatable bonds is 5. The van der Waals surface area contributed by atoms with Crippen LogP contribution in [0.3, 0.4) is 0 Å². The molecule has 0 spiro atoms. The van der Waals surface area contributed by atoms with E-state index in [1.807, 2.05) is 0 Å². The maximum atomic E-state index is 13.0. The van der Waals surface area contributed by atoms with Gasteiger partial charge in [0.25, 0.3) is 0 Å². The Labute approximate surface area is 80.7 Å². The Balaban J connectivity index is 3.94. The standard InChI is InChI=1S/C9H12BrFO/c1-4-8(10)9(11)6-5-7(2)12-3/h4H,1-2,5-6H2,3H3/b9-8-. The third kappa shape index (κ3) is 4.34. The molecular weight excluding hydrogens is 223 g/mol. The summed E-state index contributed by atoms with van der Waals surface area (Å²) in [5.41, 5.74) is 0. The van der Waals surface area contributed by atoms with Gasteiger partial charge in [-0.3, -0.25) is 0 Å². The zero-order chi connectivity index (χ0) is 9.56. The molecule has 0 aromatic rings. The molecule has 3 heteroatoms. The van der Waals surface area contributed by atoms with Crippen LogP contribution in [0.15, 0.2) is 35.3 Å². The Bertz CT molecular complexity index is 209. The van der Waals surface area contributed by atoms with E-state index < -0.39 is 0 Å². The third-order valence-electron chi connectivity index (χ3n) is 1.35. The van der Waals surface area contributed by atoms with Crippen molar-refractivity contribution in [1.29, 1.82) is 0 Å². The molecule has 1 nitrogen and oxygen atoms in total. The molecule has 68 valence electrons. The maximum Gasteiger partial charge on any atom is 0.114 e. The Morgan fingerprint density at radius 3 is 2.58 bits per heavy atom. The van der Waals surface area contributed by atoms with Crippen LogP contribution in [0.1, 0.15) is 12.8 Å². The average molecular weight is 235 g/mol. The van der Waals surface area contributed by atoms with Crippen molar-refractivity contribution in [1.82, 2.24) is 0 Å². The van der Waals surface area contributed by atoms with Gasteiger partial charge in [0.05, 0.1) is 12.9 Å². The minimum atomic E-state index is -0.233. The highest BCUT2D eigenvalue weighted by atomic mass is 79.9. The van der Waals surface area contributed by atoms with Crippen molar-refractivity contribution in [3.63, 3.8) is 0 Å². The van der Waals surface area contributed by atoms with Crippen molar-refractivity contribution < 1.29 is 9.13 Å². The molecule has 0 aliphatic rings. The molecule has 0 heterocycles. The quantitative estimate of drug-likeness (QED) is 0.521. The number of ether oxygens (including phenoxy) is 1. The van der Waals surface area contributed by atoms with Gasteiger partial charge in [-0.25, -0.2) is 4.39 Å². The Hall–Kier alpha value is -0.570. The minimum absolute atomic E-state index is 0.233. The molecule has 0 rings (SSSR count). The highest BCUT2D eigenvalue weighted by Crippen LogP contribution is 2.20. The lowest BCUT2D eigenvalue weighted by Crippen LogP contribution is -1.86. The molecule has 0 aromatic heterocycles. The van der Waals surface area contributed by atoms with E-state index in [0.717, 1.165) is 0 Å². The van der Waals surface area contributed by atoms with Crippen LogP contribution in [0.5, 0.6) is 0 Å². The van der Waals surface area contributed by atoms with E-state index in [9.17, 15) is 4.39 Å². The Morgan fingerprint density at radius 1 is 1.58 bits per heavy atom. The van der Waals surface area contributed by atoms with Crippen LogP contribution in [-0.2, 0) is 4.74 Å². The summed E-state index contributed by atoms with van der Waals surface area (Å²) in [6.45, 7) is 7.01. The van der Waals surface area contributed by atoms with Gasteiger partial charge in [-0.2, -0.15) is 0 Å². The maximum absolute atomic E-state index is 13.0. The summed E-state index contributed by atoms with van der Waals surface area (Å²) in [5, 5.41) is 0. The van der Waals surface area contributed by atoms with Gasteiger partial charge in [-0.1, -0.05) is 19.2 Å². The summed E-state index contributed by atoms with van der Waals surface area (Å²) in [7, 11) is 1.52. The lowest BCUT2D eigenvalue weighted by Gasteiger charge is -2.02. The summed E-state index contributed by atoms with van der Waals surface area (Å²) in [6, 6.07) is 0. The summed E-state index contributed by atoms with van der Waals surface area (Å²) in [5.74, 6) is 0.345. The molecule has 0 saturated carbocycles. The van der Waals surface area contributed by atoms with E-state index in [0.29, 0.717) is 23.1 Å². The van der Waals surface area contributed by atoms with E-state index in [1.165, 1.54) is 13.2 Å². The number of methoxy groups -OCH3 is 1. The fourth-order valence-electron chi connectivity index (χ4n) is 0.581. The molecule has 0 saturated heterocycles. The van der Waals surface area contributed by atoms with Crippen LogP contribution in [0.4, 0.5) is 4.39 Å². The fraction of sp³-hybridized carbons (Fsp3) is 0.333. The van der Waals surface area contributed by atoms with Crippen LogP contribution in [-0.4, -0.2) is 7.11 Å². The van der Waals surface area contributed by atoms with E-state index >= 15 is 0 Å². The van der Waals surface area contributed by atoms with Crippen molar-refractivity contribution in [2.45, 2.75) is 12.8 Å². The zero-order valence-electron chi connectivity index (χ0n) is 7.07. The molecule has 0 radical (unpaired) electrons. The van der Waals surface area contributed by atoms with E-state index in [-0.39, 0.29) is 5.83 Å². The van der Waals surface area contributed by atoms with Crippen molar-refractivity contribution >= 4 is 15.9 Å². The SMILES string of the molecule is C=C/C(Br)=C(/F)CCC(=C)OC. The first-order valence-electron chi connectivity index (χ1n) is 3.50. The van der Waals surface area contributed by atoms with Crippen molar-refractivity contribution in [3.05, 3.63) is 35.3 Å². The van der Waals surface area contributed by atoms with Gasteiger partial charge in [-0.05, 0) is 15.9 Å². The van der Waals surface area contributed by atoms with Gasteiger partial charge < -0.3 is 4.74 Å². The summed E-state index contributed by atoms with van der Waals surface area (Å²) >= 11 is 3.03. The number of halogens is 2. The highest BCUT2D eigenvalue weighted by molar-refractivity contribution is 9.11. The first-order valence-corrected chi connectivity index (χ1v) is 4.29. The van der Waals surface area contributed by atoms with E-state index in [4.69, 9.17) is 4.74 Å². The van der Waals surface area contributed by atoms with Crippen LogP contribution in [0, 0.1) is 0 Å². The Kier molecular flexibility index (Phi) is 5.72. The van der Waals surface area contributed by atoms with Gasteiger partial charge in [0.15, 0.2) is 0 Å². The molecule has 0 aliphatic heterocycles. The molecule has 0 unspecified atom stereocenters. The van der Waals surface area contributed by atoms with Gasteiger partial charge in [0.2, 0.25) is 0 Å². The fourth-order valence-corrected chi connectivity index (χ4v) is 0.780. The summed E-state index contributed by atoms with van der Waals surface area (Å²) in [4.78, 5) is 0. The normalized spacial score (nSPS) is 11.9. The number of hydrogen-bond donors (Lipinski definition) is 0. The molecule has 0 bridgehead atoms. The molecule has 0 amide bonds. The second-order valence-electron chi connectivity index (χ2n) is 2.20. The largest absolute Gasteiger partial charge is 0.502 e. The first-order chi connectivity index (χ1) is 5.61. The van der Waals surface area contributed by atoms with E-state index in [1.54, 1.807) is 0 Å². The van der Waals surface area contributed by atoms with Crippen LogP contribution < -0.4 is 0 Å². The second kappa shape index (κ2) is 6.00. The third-order valence-corrected chi connectivity index (χ3v) is 2.10. The molecule has 0 atom stereocenters. The van der Waals surface area contributed by atoms with Crippen molar-refractivity contribution in [3.8, 4) is 0 Å². The summed E-state index contributed by atoms with van der Waals surface area (Å²) < 4.78 is 18.1. The van der Waals surface area contributed by atoms with Crippen LogP contribution in [0.2, 0.25) is 0 Å². The molecule has 0 fully saturated rings. The molecular formula is C9H12BrFO. The molecule has 0 aliphatic carbocycles. The lowest BCUT2D eigenvalue weighted by molar-refractivity contribution is 0.277. The van der Waals surface area contributed by atoms with Gasteiger partial charge in [-0.15, -0.1) is 0 Å². The summed E-state index contributed by atoms with van der Waals surface area (Å²) in [6.07, 6.45) is 2.20. The second-order valence-corrected chi connectivity index (χ2v) is 3.05. The highest BCUT2D eigenvalue weighted by Gasteiger charge is 2.01. The van der Waals surface area contributed by atoms with Crippen molar-refractivity contribution in [2.24, 2.45) is 0 Å². The van der Waals surface area contributed by atoms with Crippen LogP contribution >= 0.6 is 15.9 Å². The predicted octanol–water partition coefficient (Wildman–Crippen LogP) is 3.69. The molecule has 0 N–H and O–H groups in total. The van der Waals surface area contributed by atoms with Gasteiger partial charge in [0.1, 0.15) is 5.83 Å².